The number of hydrogen-bond donors (Lipinski definition) is 0. The first-order valence-corrected chi connectivity index (χ1v) is 11.3. The normalized spacial score (nSPS) is 11.2. The van der Waals surface area contributed by atoms with Crippen LogP contribution in [0, 0.1) is 17.8 Å². The Balaban J connectivity index is 2.08. The lowest BCUT2D eigenvalue weighted by Crippen LogP contribution is -2.22. The number of ether oxygens (including phenoxy) is 1. The third-order valence-corrected chi connectivity index (χ3v) is 6.67. The molecule has 0 saturated carbocycles. The summed E-state index contributed by atoms with van der Waals surface area (Å²) in [5.74, 6) is 0.614. The van der Waals surface area contributed by atoms with Crippen LogP contribution in [0.25, 0.3) is 21.7 Å². The van der Waals surface area contributed by atoms with E-state index in [1.165, 1.54) is 28.7 Å². The molecule has 0 bridgehead atoms. The third kappa shape index (κ3) is 3.31. The van der Waals surface area contributed by atoms with E-state index >= 15 is 0 Å². The fraction of sp³-hybridized carbons (Fsp3) is 0.190. The van der Waals surface area contributed by atoms with E-state index in [1.807, 2.05) is 54.1 Å². The van der Waals surface area contributed by atoms with Crippen molar-refractivity contribution in [3.05, 3.63) is 67.9 Å². The van der Waals surface area contributed by atoms with Crippen LogP contribution >= 0.6 is 35.3 Å². The van der Waals surface area contributed by atoms with Gasteiger partial charge in [0.05, 0.1) is 18.5 Å². The van der Waals surface area contributed by atoms with Crippen molar-refractivity contribution < 1.29 is 4.74 Å². The van der Waals surface area contributed by atoms with Crippen LogP contribution in [0.4, 0.5) is 0 Å². The van der Waals surface area contributed by atoms with Gasteiger partial charge in [-0.05, 0) is 56.1 Å². The number of aromatic nitrogens is 3. The van der Waals surface area contributed by atoms with Crippen molar-refractivity contribution in [2.45, 2.75) is 19.0 Å². The summed E-state index contributed by atoms with van der Waals surface area (Å²) in [5, 5.41) is 0.582. The Kier molecular flexibility index (Phi) is 5.33. The highest BCUT2D eigenvalue weighted by molar-refractivity contribution is 7.98. The van der Waals surface area contributed by atoms with Crippen molar-refractivity contribution in [3.8, 4) is 17.1 Å². The maximum Gasteiger partial charge on any atom is 0.278 e. The first kappa shape index (κ1) is 19.9. The second-order valence-electron chi connectivity index (χ2n) is 6.56. The molecule has 0 spiro atoms. The van der Waals surface area contributed by atoms with E-state index in [4.69, 9.17) is 21.9 Å². The molecule has 0 atom stereocenters. The molecule has 0 fully saturated rings. The number of benzene rings is 2. The summed E-state index contributed by atoms with van der Waals surface area (Å²) in [6.45, 7) is 4.09. The molecule has 0 aliphatic carbocycles. The monoisotopic (exact) mass is 441 g/mol. The van der Waals surface area contributed by atoms with Crippen LogP contribution in [-0.4, -0.2) is 27.5 Å². The minimum atomic E-state index is -0.150. The van der Waals surface area contributed by atoms with Crippen molar-refractivity contribution in [2.75, 3.05) is 13.4 Å². The SMILES string of the molecule is COc1ccccc1-n1c(SC)nc2c(sc(=S)n2-c2ccc(C)cc2C)c1=O. The first-order chi connectivity index (χ1) is 14.0. The largest absolute Gasteiger partial charge is 0.495 e. The van der Waals surface area contributed by atoms with Crippen LogP contribution in [0.3, 0.4) is 0 Å². The molecule has 148 valence electrons. The molecular formula is C21H19N3O2S3. The van der Waals surface area contributed by atoms with Crippen molar-refractivity contribution in [1.29, 1.82) is 0 Å². The van der Waals surface area contributed by atoms with E-state index in [0.29, 0.717) is 30.9 Å². The highest BCUT2D eigenvalue weighted by Gasteiger charge is 2.20. The number of rotatable bonds is 4. The van der Waals surface area contributed by atoms with Gasteiger partial charge in [-0.2, -0.15) is 0 Å². The van der Waals surface area contributed by atoms with Crippen LogP contribution in [0.1, 0.15) is 11.1 Å². The molecule has 2 aromatic heterocycles. The number of aryl methyl sites for hydroxylation is 2. The Morgan fingerprint density at radius 2 is 1.86 bits per heavy atom. The maximum absolute atomic E-state index is 13.5. The molecule has 0 saturated heterocycles. The van der Waals surface area contributed by atoms with Crippen molar-refractivity contribution in [2.24, 2.45) is 0 Å². The molecule has 8 heteroatoms. The average molecular weight is 442 g/mol. The van der Waals surface area contributed by atoms with Crippen molar-refractivity contribution in [3.63, 3.8) is 0 Å². The van der Waals surface area contributed by atoms with Gasteiger partial charge in [0.1, 0.15) is 10.4 Å². The van der Waals surface area contributed by atoms with E-state index in [9.17, 15) is 4.79 Å². The molecule has 5 nitrogen and oxygen atoms in total. The Labute approximate surface area is 181 Å². The molecule has 0 unspecified atom stereocenters. The van der Waals surface area contributed by atoms with Gasteiger partial charge in [0, 0.05) is 0 Å². The molecule has 0 amide bonds. The van der Waals surface area contributed by atoms with Crippen molar-refractivity contribution >= 4 is 45.7 Å². The quantitative estimate of drug-likeness (QED) is 0.244. The molecule has 4 aromatic rings. The number of methoxy groups -OCH3 is 1. The highest BCUT2D eigenvalue weighted by atomic mass is 32.2. The molecule has 29 heavy (non-hydrogen) atoms. The van der Waals surface area contributed by atoms with E-state index in [2.05, 4.69) is 13.0 Å². The summed E-state index contributed by atoms with van der Waals surface area (Å²) < 4.78 is 10.1. The predicted molar refractivity (Wildman–Crippen MR) is 123 cm³/mol. The molecule has 2 heterocycles. The van der Waals surface area contributed by atoms with Crippen LogP contribution in [0.5, 0.6) is 5.75 Å². The highest BCUT2D eigenvalue weighted by Crippen LogP contribution is 2.30. The summed E-state index contributed by atoms with van der Waals surface area (Å²) in [4.78, 5) is 18.4. The van der Waals surface area contributed by atoms with Gasteiger partial charge in [-0.1, -0.05) is 52.9 Å². The van der Waals surface area contributed by atoms with Gasteiger partial charge >= 0.3 is 0 Å². The smallest absolute Gasteiger partial charge is 0.278 e. The van der Waals surface area contributed by atoms with Gasteiger partial charge in [0.15, 0.2) is 14.8 Å². The minimum absolute atomic E-state index is 0.150. The summed E-state index contributed by atoms with van der Waals surface area (Å²) >= 11 is 8.34. The average Bonchev–Trinajstić information content (AvgIpc) is 3.04. The van der Waals surface area contributed by atoms with Crippen LogP contribution in [0.15, 0.2) is 52.4 Å². The van der Waals surface area contributed by atoms with Gasteiger partial charge in [-0.15, -0.1) is 0 Å². The lowest BCUT2D eigenvalue weighted by atomic mass is 10.1. The Morgan fingerprint density at radius 1 is 1.10 bits per heavy atom. The fourth-order valence-electron chi connectivity index (χ4n) is 3.37. The standard InChI is InChI=1S/C21H19N3O2S3/c1-12-9-10-14(13(2)11-12)23-18-17(29-21(23)27)19(25)24(20(22-18)28-4)15-7-5-6-8-16(15)26-3/h5-11H,1-4H3. The zero-order valence-electron chi connectivity index (χ0n) is 16.4. The fourth-order valence-corrected chi connectivity index (χ4v) is 5.20. The van der Waals surface area contributed by atoms with Gasteiger partial charge in [-0.3, -0.25) is 13.9 Å². The van der Waals surface area contributed by atoms with Crippen molar-refractivity contribution in [1.82, 2.24) is 14.1 Å². The van der Waals surface area contributed by atoms with Crippen LogP contribution in [0.2, 0.25) is 0 Å². The number of thioether (sulfide) groups is 1. The lowest BCUT2D eigenvalue weighted by Gasteiger charge is -2.14. The summed E-state index contributed by atoms with van der Waals surface area (Å²) in [7, 11) is 1.59. The van der Waals surface area contributed by atoms with E-state index in [-0.39, 0.29) is 5.56 Å². The maximum atomic E-state index is 13.5. The topological polar surface area (TPSA) is 49.0 Å². The van der Waals surface area contributed by atoms with E-state index < -0.39 is 0 Å². The molecule has 0 radical (unpaired) electrons. The Hall–Kier alpha value is -2.42. The Bertz CT molecular complexity index is 1350. The molecular weight excluding hydrogens is 422 g/mol. The molecule has 0 N–H and O–H groups in total. The number of thiazole rings is 1. The Morgan fingerprint density at radius 3 is 2.55 bits per heavy atom. The third-order valence-electron chi connectivity index (χ3n) is 4.68. The van der Waals surface area contributed by atoms with Gasteiger partial charge in [0.2, 0.25) is 0 Å². The number of hydrogen-bond acceptors (Lipinski definition) is 6. The van der Waals surface area contributed by atoms with Gasteiger partial charge in [0.25, 0.3) is 5.56 Å². The second-order valence-corrected chi connectivity index (χ2v) is 8.97. The second kappa shape index (κ2) is 7.78. The van der Waals surface area contributed by atoms with Crippen LogP contribution in [-0.2, 0) is 0 Å². The molecule has 0 aliphatic heterocycles. The van der Waals surface area contributed by atoms with E-state index in [1.54, 1.807) is 11.7 Å². The van der Waals surface area contributed by atoms with Gasteiger partial charge in [-0.25, -0.2) is 4.98 Å². The predicted octanol–water partition coefficient (Wildman–Crippen LogP) is 5.31. The molecule has 2 aromatic carbocycles. The molecule has 4 rings (SSSR count). The summed E-state index contributed by atoms with van der Waals surface area (Å²) in [6, 6.07) is 13.6. The lowest BCUT2D eigenvalue weighted by molar-refractivity contribution is 0.411. The first-order valence-electron chi connectivity index (χ1n) is 8.90. The molecule has 0 aliphatic rings. The van der Waals surface area contributed by atoms with Gasteiger partial charge < -0.3 is 4.74 Å². The number of para-hydroxylation sites is 2. The number of fused-ring (bicyclic) bond motifs is 1. The van der Waals surface area contributed by atoms with Crippen LogP contribution < -0.4 is 10.3 Å². The number of nitrogens with zero attached hydrogens (tertiary/aromatic N) is 3. The minimum Gasteiger partial charge on any atom is -0.495 e. The zero-order valence-corrected chi connectivity index (χ0v) is 18.9. The summed E-state index contributed by atoms with van der Waals surface area (Å²) in [5.41, 5.74) is 4.31. The summed E-state index contributed by atoms with van der Waals surface area (Å²) in [6.07, 6.45) is 1.90. The zero-order chi connectivity index (χ0) is 20.7. The van der Waals surface area contributed by atoms with E-state index in [0.717, 1.165) is 11.3 Å².